The van der Waals surface area contributed by atoms with Crippen molar-refractivity contribution in [2.24, 2.45) is 0 Å². The number of ether oxygens (including phenoxy) is 2. The molecule has 0 spiro atoms. The first kappa shape index (κ1) is 11.1. The Morgan fingerprint density at radius 2 is 2.15 bits per heavy atom. The van der Waals surface area contributed by atoms with Gasteiger partial charge in [0.15, 0.2) is 0 Å². The third-order valence-electron chi connectivity index (χ3n) is 1.45. The lowest BCUT2D eigenvalue weighted by Crippen LogP contribution is -2.04. The molecule has 0 fully saturated rings. The Morgan fingerprint density at radius 1 is 1.38 bits per heavy atom. The van der Waals surface area contributed by atoms with E-state index >= 15 is 0 Å². The van der Waals surface area contributed by atoms with Gasteiger partial charge in [-0.15, -0.1) is 0 Å². The van der Waals surface area contributed by atoms with Gasteiger partial charge in [0.05, 0.1) is 11.6 Å². The van der Waals surface area contributed by atoms with Crippen LogP contribution in [-0.2, 0) is 4.74 Å². The van der Waals surface area contributed by atoms with E-state index in [9.17, 15) is 0 Å². The zero-order chi connectivity index (χ0) is 9.68. The average Bonchev–Trinajstić information content (AvgIpc) is 2.12. The predicted molar refractivity (Wildman–Crippen MR) is 61.5 cm³/mol. The van der Waals surface area contributed by atoms with Gasteiger partial charge in [0.2, 0.25) is 0 Å². The second-order valence-corrected chi connectivity index (χ2v) is 3.99. The molecule has 0 aliphatic heterocycles. The van der Waals surface area contributed by atoms with Crippen molar-refractivity contribution in [2.75, 3.05) is 20.3 Å². The molecule has 1 rings (SSSR count). The van der Waals surface area contributed by atoms with Crippen LogP contribution in [0.5, 0.6) is 5.75 Å². The molecule has 13 heavy (non-hydrogen) atoms. The minimum absolute atomic E-state index is 0.564. The summed E-state index contributed by atoms with van der Waals surface area (Å²) in [6, 6.07) is 5.57. The Kier molecular flexibility index (Phi) is 4.83. The molecule has 0 aliphatic carbocycles. The van der Waals surface area contributed by atoms with Crippen LogP contribution in [0, 0.1) is 3.57 Å². The molecular weight excluding hydrogens is 302 g/mol. The number of methoxy groups -OCH3 is 1. The largest absolute Gasteiger partial charge is 0.491 e. The van der Waals surface area contributed by atoms with E-state index in [2.05, 4.69) is 22.6 Å². The Bertz CT molecular complexity index is 278. The minimum Gasteiger partial charge on any atom is -0.491 e. The van der Waals surface area contributed by atoms with Gasteiger partial charge in [-0.2, -0.15) is 0 Å². The van der Waals surface area contributed by atoms with Crippen LogP contribution in [-0.4, -0.2) is 20.3 Å². The van der Waals surface area contributed by atoms with Crippen LogP contribution in [0.15, 0.2) is 18.2 Å². The van der Waals surface area contributed by atoms with Crippen LogP contribution in [0.1, 0.15) is 0 Å². The molecule has 0 aromatic heterocycles. The Labute approximate surface area is 96.3 Å². The molecule has 0 aliphatic rings. The summed E-state index contributed by atoms with van der Waals surface area (Å²) >= 11 is 8.02. The van der Waals surface area contributed by atoms with E-state index in [0.29, 0.717) is 13.2 Å². The first-order chi connectivity index (χ1) is 6.24. The highest BCUT2D eigenvalue weighted by Gasteiger charge is 1.98. The molecule has 1 aromatic carbocycles. The van der Waals surface area contributed by atoms with Crippen LogP contribution >= 0.6 is 34.2 Å². The fourth-order valence-electron chi connectivity index (χ4n) is 0.809. The van der Waals surface area contributed by atoms with Crippen LogP contribution < -0.4 is 4.74 Å². The van der Waals surface area contributed by atoms with E-state index in [-0.39, 0.29) is 0 Å². The van der Waals surface area contributed by atoms with Crippen LogP contribution in [0.3, 0.4) is 0 Å². The average molecular weight is 313 g/mol. The molecule has 0 saturated carbocycles. The molecule has 2 nitrogen and oxygen atoms in total. The zero-order valence-corrected chi connectivity index (χ0v) is 10.1. The minimum atomic E-state index is 0.564. The molecular formula is C9H10ClIO2. The van der Waals surface area contributed by atoms with Gasteiger partial charge in [-0.3, -0.25) is 0 Å². The van der Waals surface area contributed by atoms with Crippen molar-refractivity contribution in [1.29, 1.82) is 0 Å². The summed E-state index contributed by atoms with van der Waals surface area (Å²) in [6.07, 6.45) is 0. The number of rotatable bonds is 4. The summed E-state index contributed by atoms with van der Waals surface area (Å²) in [6.45, 7) is 1.16. The smallest absolute Gasteiger partial charge is 0.120 e. The highest BCUT2D eigenvalue weighted by atomic mass is 127. The third-order valence-corrected chi connectivity index (χ3v) is 2.99. The summed E-state index contributed by atoms with van der Waals surface area (Å²) in [5.74, 6) is 0.825. The summed E-state index contributed by atoms with van der Waals surface area (Å²) < 4.78 is 11.3. The summed E-state index contributed by atoms with van der Waals surface area (Å²) in [5, 5.41) is 0.750. The van der Waals surface area contributed by atoms with E-state index in [1.54, 1.807) is 7.11 Å². The third kappa shape index (κ3) is 3.70. The van der Waals surface area contributed by atoms with Gasteiger partial charge in [0.1, 0.15) is 12.4 Å². The number of benzene rings is 1. The molecule has 0 unspecified atom stereocenters. The number of hydrogen-bond donors (Lipinski definition) is 0. The second-order valence-electron chi connectivity index (χ2n) is 2.42. The Hall–Kier alpha value is -0.000000000000000111. The predicted octanol–water partition coefficient (Wildman–Crippen LogP) is 2.97. The SMILES string of the molecule is COCCOc1ccc(Cl)c(I)c1. The van der Waals surface area contributed by atoms with Crippen molar-refractivity contribution in [3.05, 3.63) is 26.8 Å². The maximum Gasteiger partial charge on any atom is 0.120 e. The first-order valence-corrected chi connectivity index (χ1v) is 5.26. The lowest BCUT2D eigenvalue weighted by Gasteiger charge is -2.05. The van der Waals surface area contributed by atoms with E-state index in [4.69, 9.17) is 21.1 Å². The molecule has 0 amide bonds. The van der Waals surface area contributed by atoms with Gasteiger partial charge in [-0.05, 0) is 40.8 Å². The maximum atomic E-state index is 5.85. The van der Waals surface area contributed by atoms with Gasteiger partial charge in [-0.1, -0.05) is 11.6 Å². The Balaban J connectivity index is 2.53. The zero-order valence-electron chi connectivity index (χ0n) is 7.22. The maximum absolute atomic E-state index is 5.85. The standard InChI is InChI=1S/C9H10ClIO2/c1-12-4-5-13-7-2-3-8(10)9(11)6-7/h2-3,6H,4-5H2,1H3. The van der Waals surface area contributed by atoms with Gasteiger partial charge >= 0.3 is 0 Å². The highest BCUT2D eigenvalue weighted by Crippen LogP contribution is 2.23. The number of halogens is 2. The van der Waals surface area contributed by atoms with Crippen LogP contribution in [0.4, 0.5) is 0 Å². The van der Waals surface area contributed by atoms with E-state index in [1.807, 2.05) is 18.2 Å². The normalized spacial score (nSPS) is 10.1. The molecule has 0 N–H and O–H groups in total. The second kappa shape index (κ2) is 5.67. The highest BCUT2D eigenvalue weighted by molar-refractivity contribution is 14.1. The number of hydrogen-bond acceptors (Lipinski definition) is 2. The fraction of sp³-hybridized carbons (Fsp3) is 0.333. The van der Waals surface area contributed by atoms with Gasteiger partial charge < -0.3 is 9.47 Å². The van der Waals surface area contributed by atoms with E-state index in [1.165, 1.54) is 0 Å². The van der Waals surface area contributed by atoms with Crippen molar-refractivity contribution in [3.63, 3.8) is 0 Å². The van der Waals surface area contributed by atoms with Crippen molar-refractivity contribution >= 4 is 34.2 Å². The van der Waals surface area contributed by atoms with Crippen molar-refractivity contribution in [3.8, 4) is 5.75 Å². The molecule has 1 aromatic rings. The molecule has 0 heterocycles. The summed E-state index contributed by atoms with van der Waals surface area (Å²) in [5.41, 5.74) is 0. The lowest BCUT2D eigenvalue weighted by molar-refractivity contribution is 0.146. The topological polar surface area (TPSA) is 18.5 Å². The monoisotopic (exact) mass is 312 g/mol. The van der Waals surface area contributed by atoms with Gasteiger partial charge in [0.25, 0.3) is 0 Å². The molecule has 0 radical (unpaired) electrons. The molecule has 4 heteroatoms. The molecule has 72 valence electrons. The lowest BCUT2D eigenvalue weighted by atomic mass is 10.3. The van der Waals surface area contributed by atoms with Crippen molar-refractivity contribution in [1.82, 2.24) is 0 Å². The van der Waals surface area contributed by atoms with Gasteiger partial charge in [-0.25, -0.2) is 0 Å². The molecule has 0 bridgehead atoms. The first-order valence-electron chi connectivity index (χ1n) is 3.81. The van der Waals surface area contributed by atoms with Crippen molar-refractivity contribution in [2.45, 2.75) is 0 Å². The molecule has 0 saturated heterocycles. The van der Waals surface area contributed by atoms with E-state index in [0.717, 1.165) is 14.3 Å². The van der Waals surface area contributed by atoms with Crippen LogP contribution in [0.25, 0.3) is 0 Å². The van der Waals surface area contributed by atoms with Gasteiger partial charge in [0, 0.05) is 10.7 Å². The Morgan fingerprint density at radius 3 is 2.77 bits per heavy atom. The fourth-order valence-corrected chi connectivity index (χ4v) is 1.41. The summed E-state index contributed by atoms with van der Waals surface area (Å²) in [4.78, 5) is 0. The quantitative estimate of drug-likeness (QED) is 0.628. The van der Waals surface area contributed by atoms with Crippen LogP contribution in [0.2, 0.25) is 5.02 Å². The molecule has 0 atom stereocenters. The van der Waals surface area contributed by atoms with E-state index < -0.39 is 0 Å². The van der Waals surface area contributed by atoms with Crippen molar-refractivity contribution < 1.29 is 9.47 Å². The summed E-state index contributed by atoms with van der Waals surface area (Å²) in [7, 11) is 1.65.